The number of rotatable bonds is 6. The van der Waals surface area contributed by atoms with Crippen LogP contribution in [-0.4, -0.2) is 43.8 Å². The maximum absolute atomic E-state index is 10.1. The number of methoxy groups -OCH3 is 2. The van der Waals surface area contributed by atoms with E-state index >= 15 is 0 Å². The summed E-state index contributed by atoms with van der Waals surface area (Å²) in [4.78, 5) is 0. The molecule has 0 aliphatic rings. The Labute approximate surface area is 80.2 Å². The zero-order chi connectivity index (χ0) is 10.5. The minimum atomic E-state index is -1.03. The van der Waals surface area contributed by atoms with Crippen LogP contribution in [0, 0.1) is 0 Å². The second-order valence-corrected chi connectivity index (χ2v) is 3.31. The third kappa shape index (κ3) is 3.23. The fourth-order valence-electron chi connectivity index (χ4n) is 1.29. The molecule has 0 aliphatic carbocycles. The highest BCUT2D eigenvalue weighted by Gasteiger charge is 2.37. The van der Waals surface area contributed by atoms with Gasteiger partial charge in [-0.3, -0.25) is 0 Å². The summed E-state index contributed by atoms with van der Waals surface area (Å²) in [6.07, 6.45) is -0.610. The maximum Gasteiger partial charge on any atom is 0.186 e. The van der Waals surface area contributed by atoms with Crippen molar-refractivity contribution >= 4 is 0 Å². The molecule has 0 bridgehead atoms. The molecule has 2 unspecified atom stereocenters. The monoisotopic (exact) mass is 191 g/mol. The molecule has 0 saturated heterocycles. The van der Waals surface area contributed by atoms with Gasteiger partial charge in [0.05, 0.1) is 0 Å². The van der Waals surface area contributed by atoms with Crippen molar-refractivity contribution in [2.45, 2.75) is 38.7 Å². The molecule has 13 heavy (non-hydrogen) atoms. The molecule has 0 aromatic carbocycles. The van der Waals surface area contributed by atoms with Crippen molar-refractivity contribution in [3.8, 4) is 0 Å². The molecular formula is C9H21NO3. The normalized spacial score (nSPS) is 18.7. The number of hydrogen-bond acceptors (Lipinski definition) is 4. The Balaban J connectivity index is 4.32. The molecule has 4 nitrogen and oxygen atoms in total. The minimum Gasteiger partial charge on any atom is -0.383 e. The van der Waals surface area contributed by atoms with E-state index in [1.807, 2.05) is 13.8 Å². The van der Waals surface area contributed by atoms with Crippen molar-refractivity contribution < 1.29 is 14.6 Å². The maximum atomic E-state index is 10.1. The fourth-order valence-corrected chi connectivity index (χ4v) is 1.29. The van der Waals surface area contributed by atoms with Crippen molar-refractivity contribution in [2.24, 2.45) is 0 Å². The van der Waals surface area contributed by atoms with Gasteiger partial charge in [0, 0.05) is 20.3 Å². The predicted octanol–water partition coefficient (Wildman–Crippen LogP) is 0.354. The van der Waals surface area contributed by atoms with E-state index in [9.17, 15) is 5.11 Å². The Bertz CT molecular complexity index is 135. The van der Waals surface area contributed by atoms with E-state index in [0.717, 1.165) is 6.54 Å². The average molecular weight is 191 g/mol. The SMILES string of the molecule is CCNC(C)C(C)(O)C(OC)OC. The summed E-state index contributed by atoms with van der Waals surface area (Å²) in [5.41, 5.74) is -1.03. The highest BCUT2D eigenvalue weighted by Crippen LogP contribution is 2.18. The highest BCUT2D eigenvalue weighted by molar-refractivity contribution is 4.87. The summed E-state index contributed by atoms with van der Waals surface area (Å²) in [6.45, 7) is 6.38. The van der Waals surface area contributed by atoms with Gasteiger partial charge in [0.2, 0.25) is 0 Å². The average Bonchev–Trinajstić information content (AvgIpc) is 2.06. The van der Waals surface area contributed by atoms with Gasteiger partial charge in [-0.2, -0.15) is 0 Å². The van der Waals surface area contributed by atoms with E-state index in [0.29, 0.717) is 0 Å². The largest absolute Gasteiger partial charge is 0.383 e. The van der Waals surface area contributed by atoms with Gasteiger partial charge in [-0.05, 0) is 20.4 Å². The zero-order valence-corrected chi connectivity index (χ0v) is 9.13. The van der Waals surface area contributed by atoms with Crippen LogP contribution in [-0.2, 0) is 9.47 Å². The number of likely N-dealkylation sites (N-methyl/N-ethyl adjacent to an activating group) is 1. The second kappa shape index (κ2) is 5.54. The Morgan fingerprint density at radius 2 is 1.85 bits per heavy atom. The highest BCUT2D eigenvalue weighted by atomic mass is 16.7. The van der Waals surface area contributed by atoms with Gasteiger partial charge < -0.3 is 19.9 Å². The molecule has 0 aromatic rings. The molecule has 0 aliphatic heterocycles. The summed E-state index contributed by atoms with van der Waals surface area (Å²) >= 11 is 0. The molecular weight excluding hydrogens is 170 g/mol. The standard InChI is InChI=1S/C9H21NO3/c1-6-10-7(2)9(3,11)8(12-4)13-5/h7-8,10-11H,6H2,1-5H3. The summed E-state index contributed by atoms with van der Waals surface area (Å²) < 4.78 is 10.0. The van der Waals surface area contributed by atoms with Crippen molar-refractivity contribution in [3.05, 3.63) is 0 Å². The molecule has 0 rings (SSSR count). The lowest BCUT2D eigenvalue weighted by molar-refractivity contribution is -0.216. The first-order valence-electron chi connectivity index (χ1n) is 4.52. The molecule has 0 heterocycles. The van der Waals surface area contributed by atoms with Crippen LogP contribution < -0.4 is 5.32 Å². The quantitative estimate of drug-likeness (QED) is 0.595. The third-order valence-electron chi connectivity index (χ3n) is 2.29. The Hall–Kier alpha value is -0.160. The van der Waals surface area contributed by atoms with E-state index < -0.39 is 11.9 Å². The van der Waals surface area contributed by atoms with Crippen LogP contribution in [0.4, 0.5) is 0 Å². The van der Waals surface area contributed by atoms with Crippen molar-refractivity contribution in [2.75, 3.05) is 20.8 Å². The summed E-state index contributed by atoms with van der Waals surface area (Å²) in [6, 6.07) is -0.0811. The lowest BCUT2D eigenvalue weighted by Crippen LogP contribution is -2.55. The fraction of sp³-hybridized carbons (Fsp3) is 1.00. The third-order valence-corrected chi connectivity index (χ3v) is 2.29. The topological polar surface area (TPSA) is 50.7 Å². The molecule has 0 saturated carbocycles. The first-order valence-corrected chi connectivity index (χ1v) is 4.52. The van der Waals surface area contributed by atoms with Crippen LogP contribution >= 0.6 is 0 Å². The lowest BCUT2D eigenvalue weighted by atomic mass is 9.97. The van der Waals surface area contributed by atoms with Gasteiger partial charge in [-0.25, -0.2) is 0 Å². The molecule has 0 aromatic heterocycles. The van der Waals surface area contributed by atoms with Crippen LogP contribution in [0.5, 0.6) is 0 Å². The molecule has 0 radical (unpaired) electrons. The van der Waals surface area contributed by atoms with Crippen LogP contribution in [0.3, 0.4) is 0 Å². The van der Waals surface area contributed by atoms with Gasteiger partial charge in [-0.15, -0.1) is 0 Å². The van der Waals surface area contributed by atoms with Gasteiger partial charge in [0.1, 0.15) is 5.60 Å². The molecule has 80 valence electrons. The molecule has 0 spiro atoms. The minimum absolute atomic E-state index is 0.0811. The summed E-state index contributed by atoms with van der Waals surface area (Å²) in [7, 11) is 3.03. The van der Waals surface area contributed by atoms with Crippen molar-refractivity contribution in [1.29, 1.82) is 0 Å². The molecule has 2 atom stereocenters. The van der Waals surface area contributed by atoms with Gasteiger partial charge in [0.25, 0.3) is 0 Å². The number of nitrogens with one attached hydrogen (secondary N) is 1. The van der Waals surface area contributed by atoms with E-state index in [2.05, 4.69) is 5.32 Å². The Morgan fingerprint density at radius 3 is 2.15 bits per heavy atom. The smallest absolute Gasteiger partial charge is 0.186 e. The van der Waals surface area contributed by atoms with Gasteiger partial charge in [0.15, 0.2) is 6.29 Å². The van der Waals surface area contributed by atoms with Crippen LogP contribution in [0.2, 0.25) is 0 Å². The molecule has 0 fully saturated rings. The summed E-state index contributed by atoms with van der Waals surface area (Å²) in [5.74, 6) is 0. The van der Waals surface area contributed by atoms with Gasteiger partial charge >= 0.3 is 0 Å². The molecule has 2 N–H and O–H groups in total. The van der Waals surface area contributed by atoms with Gasteiger partial charge in [-0.1, -0.05) is 6.92 Å². The predicted molar refractivity (Wildman–Crippen MR) is 51.6 cm³/mol. The van der Waals surface area contributed by atoms with Crippen LogP contribution in [0.25, 0.3) is 0 Å². The number of hydrogen-bond donors (Lipinski definition) is 2. The first-order chi connectivity index (χ1) is 6.00. The van der Waals surface area contributed by atoms with E-state index in [1.54, 1.807) is 6.92 Å². The van der Waals surface area contributed by atoms with Crippen LogP contribution in [0.1, 0.15) is 20.8 Å². The van der Waals surface area contributed by atoms with E-state index in [-0.39, 0.29) is 6.04 Å². The van der Waals surface area contributed by atoms with E-state index in [4.69, 9.17) is 9.47 Å². The second-order valence-electron chi connectivity index (χ2n) is 3.31. The summed E-state index contributed by atoms with van der Waals surface area (Å²) in [5, 5.41) is 13.2. The zero-order valence-electron chi connectivity index (χ0n) is 9.13. The van der Waals surface area contributed by atoms with Crippen molar-refractivity contribution in [1.82, 2.24) is 5.32 Å². The number of ether oxygens (including phenoxy) is 2. The Kier molecular flexibility index (Phi) is 5.48. The molecule has 0 amide bonds. The molecule has 4 heteroatoms. The number of aliphatic hydroxyl groups is 1. The lowest BCUT2D eigenvalue weighted by Gasteiger charge is -2.35. The van der Waals surface area contributed by atoms with Crippen LogP contribution in [0.15, 0.2) is 0 Å². The van der Waals surface area contributed by atoms with E-state index in [1.165, 1.54) is 14.2 Å². The Morgan fingerprint density at radius 1 is 1.38 bits per heavy atom. The van der Waals surface area contributed by atoms with Crippen molar-refractivity contribution in [3.63, 3.8) is 0 Å². The first kappa shape index (κ1) is 12.8.